The normalized spacial score (nSPS) is 11.3. The van der Waals surface area contributed by atoms with E-state index in [1.165, 1.54) is 24.3 Å². The predicted molar refractivity (Wildman–Crippen MR) is 55.9 cm³/mol. The second-order valence-electron chi connectivity index (χ2n) is 3.31. The van der Waals surface area contributed by atoms with Gasteiger partial charge in [0.25, 0.3) is 5.92 Å². The van der Waals surface area contributed by atoms with Crippen molar-refractivity contribution in [2.75, 3.05) is 0 Å². The van der Waals surface area contributed by atoms with Gasteiger partial charge in [-0.25, -0.2) is 0 Å². The highest BCUT2D eigenvalue weighted by atomic mass is 19.3. The fourth-order valence-corrected chi connectivity index (χ4v) is 1.46. The van der Waals surface area contributed by atoms with E-state index in [9.17, 15) is 8.78 Å². The van der Waals surface area contributed by atoms with E-state index in [1.807, 2.05) is 0 Å². The first-order valence-electron chi connectivity index (χ1n) is 4.70. The zero-order valence-electron chi connectivity index (χ0n) is 8.03. The van der Waals surface area contributed by atoms with Crippen LogP contribution in [0.15, 0.2) is 60.7 Å². The van der Waals surface area contributed by atoms with Crippen LogP contribution >= 0.6 is 0 Å². The Bertz CT molecular complexity index is 379. The van der Waals surface area contributed by atoms with Crippen molar-refractivity contribution in [2.24, 2.45) is 0 Å². The minimum absolute atomic E-state index is 0.0243. The molecule has 0 nitrogen and oxygen atoms in total. The zero-order chi connectivity index (χ0) is 10.7. The average molecular weight is 204 g/mol. The van der Waals surface area contributed by atoms with Crippen molar-refractivity contribution in [1.82, 2.24) is 0 Å². The minimum Gasteiger partial charge on any atom is -0.196 e. The van der Waals surface area contributed by atoms with Gasteiger partial charge in [0.05, 0.1) is 0 Å². The summed E-state index contributed by atoms with van der Waals surface area (Å²) in [6.45, 7) is 0. The lowest BCUT2D eigenvalue weighted by Crippen LogP contribution is -2.14. The average Bonchev–Trinajstić information content (AvgIpc) is 2.31. The van der Waals surface area contributed by atoms with E-state index < -0.39 is 5.92 Å². The summed E-state index contributed by atoms with van der Waals surface area (Å²) in [5.41, 5.74) is 0.0485. The van der Waals surface area contributed by atoms with Crippen LogP contribution in [-0.4, -0.2) is 0 Å². The van der Waals surface area contributed by atoms with Gasteiger partial charge in [0, 0.05) is 11.1 Å². The van der Waals surface area contributed by atoms with Crippen LogP contribution < -0.4 is 0 Å². The molecule has 2 aromatic rings. The van der Waals surface area contributed by atoms with Gasteiger partial charge in [0.15, 0.2) is 0 Å². The molecule has 0 amide bonds. The maximum absolute atomic E-state index is 13.9. The van der Waals surface area contributed by atoms with Crippen LogP contribution in [0.25, 0.3) is 0 Å². The first-order valence-corrected chi connectivity index (χ1v) is 4.70. The second kappa shape index (κ2) is 3.81. The summed E-state index contributed by atoms with van der Waals surface area (Å²) in [6.07, 6.45) is 0. The van der Waals surface area contributed by atoms with Gasteiger partial charge in [0.1, 0.15) is 0 Å². The lowest BCUT2D eigenvalue weighted by molar-refractivity contribution is 0.0428. The lowest BCUT2D eigenvalue weighted by atomic mass is 10.0. The Morgan fingerprint density at radius 1 is 0.600 bits per heavy atom. The molecule has 0 spiro atoms. The Labute approximate surface area is 87.2 Å². The van der Waals surface area contributed by atoms with Crippen LogP contribution in [0.1, 0.15) is 11.1 Å². The van der Waals surface area contributed by atoms with E-state index >= 15 is 0 Å². The number of halogens is 2. The summed E-state index contributed by atoms with van der Waals surface area (Å²) in [5, 5.41) is 0. The van der Waals surface area contributed by atoms with Crippen LogP contribution in [0.3, 0.4) is 0 Å². The van der Waals surface area contributed by atoms with Crippen LogP contribution in [0.2, 0.25) is 0 Å². The van der Waals surface area contributed by atoms with Gasteiger partial charge in [-0.1, -0.05) is 60.7 Å². The number of hydrogen-bond donors (Lipinski definition) is 0. The Hall–Kier alpha value is -1.70. The molecule has 0 saturated carbocycles. The van der Waals surface area contributed by atoms with Crippen molar-refractivity contribution in [3.63, 3.8) is 0 Å². The molecule has 0 aliphatic carbocycles. The van der Waals surface area contributed by atoms with Gasteiger partial charge >= 0.3 is 0 Å². The van der Waals surface area contributed by atoms with Gasteiger partial charge < -0.3 is 0 Å². The zero-order valence-corrected chi connectivity index (χ0v) is 8.03. The van der Waals surface area contributed by atoms with Crippen LogP contribution in [0.5, 0.6) is 0 Å². The Balaban J connectivity index is 2.44. The molecule has 0 N–H and O–H groups in total. The molecule has 0 saturated heterocycles. The molecule has 0 aromatic heterocycles. The van der Waals surface area contributed by atoms with E-state index in [0.29, 0.717) is 0 Å². The maximum Gasteiger partial charge on any atom is 0.298 e. The van der Waals surface area contributed by atoms with Gasteiger partial charge in [-0.15, -0.1) is 0 Å². The van der Waals surface area contributed by atoms with Crippen molar-refractivity contribution in [3.05, 3.63) is 71.8 Å². The van der Waals surface area contributed by atoms with Crippen LogP contribution in [0.4, 0.5) is 8.78 Å². The number of alkyl halides is 2. The molecule has 2 aromatic carbocycles. The fourth-order valence-electron chi connectivity index (χ4n) is 1.46. The third-order valence-electron chi connectivity index (χ3n) is 2.27. The molecule has 0 fully saturated rings. The van der Waals surface area contributed by atoms with Crippen molar-refractivity contribution >= 4 is 0 Å². The molecule has 0 atom stereocenters. The second-order valence-corrected chi connectivity index (χ2v) is 3.31. The molecular weight excluding hydrogens is 194 g/mol. The number of rotatable bonds is 2. The summed E-state index contributed by atoms with van der Waals surface area (Å²) in [4.78, 5) is 0. The quantitative estimate of drug-likeness (QED) is 0.697. The van der Waals surface area contributed by atoms with E-state index in [2.05, 4.69) is 0 Å². The Morgan fingerprint density at radius 2 is 0.933 bits per heavy atom. The minimum atomic E-state index is -2.91. The molecule has 0 aliphatic heterocycles. The molecule has 2 rings (SSSR count). The number of hydrogen-bond acceptors (Lipinski definition) is 0. The third kappa shape index (κ3) is 1.89. The predicted octanol–water partition coefficient (Wildman–Crippen LogP) is 3.83. The van der Waals surface area contributed by atoms with Gasteiger partial charge in [0.2, 0.25) is 0 Å². The topological polar surface area (TPSA) is 0 Å². The summed E-state index contributed by atoms with van der Waals surface area (Å²) in [6, 6.07) is 15.7. The molecule has 76 valence electrons. The highest BCUT2D eigenvalue weighted by Crippen LogP contribution is 2.34. The standard InChI is InChI=1S/C13H10F2/c14-13(15,11-7-3-1-4-8-11)12-9-5-2-6-10-12/h1-10H. The summed E-state index contributed by atoms with van der Waals surface area (Å²) in [5.74, 6) is -2.91. The molecule has 0 bridgehead atoms. The SMILES string of the molecule is FC(F)(c1ccccc1)c1ccccc1. The summed E-state index contributed by atoms with van der Waals surface area (Å²) in [7, 11) is 0. The number of benzene rings is 2. The molecule has 0 radical (unpaired) electrons. The van der Waals surface area contributed by atoms with Crippen molar-refractivity contribution in [2.45, 2.75) is 5.92 Å². The first-order chi connectivity index (χ1) is 7.21. The van der Waals surface area contributed by atoms with Gasteiger partial charge in [-0.3, -0.25) is 0 Å². The first kappa shape index (κ1) is 9.84. The highest BCUT2D eigenvalue weighted by molar-refractivity contribution is 5.32. The van der Waals surface area contributed by atoms with Crippen molar-refractivity contribution < 1.29 is 8.78 Å². The monoisotopic (exact) mass is 204 g/mol. The van der Waals surface area contributed by atoms with E-state index in [4.69, 9.17) is 0 Å². The summed E-state index contributed by atoms with van der Waals surface area (Å²) >= 11 is 0. The fraction of sp³-hybridized carbons (Fsp3) is 0.0769. The van der Waals surface area contributed by atoms with Crippen molar-refractivity contribution in [1.29, 1.82) is 0 Å². The molecule has 0 aliphatic rings. The Kier molecular flexibility index (Phi) is 2.50. The highest BCUT2D eigenvalue weighted by Gasteiger charge is 2.33. The van der Waals surface area contributed by atoms with E-state index in [0.717, 1.165) is 0 Å². The molecule has 0 unspecified atom stereocenters. The van der Waals surface area contributed by atoms with Gasteiger partial charge in [-0.2, -0.15) is 8.78 Å². The third-order valence-corrected chi connectivity index (χ3v) is 2.27. The van der Waals surface area contributed by atoms with Crippen LogP contribution in [-0.2, 0) is 5.92 Å². The summed E-state index contributed by atoms with van der Waals surface area (Å²) < 4.78 is 27.8. The van der Waals surface area contributed by atoms with E-state index in [-0.39, 0.29) is 11.1 Å². The molecule has 2 heteroatoms. The van der Waals surface area contributed by atoms with Crippen LogP contribution in [0, 0.1) is 0 Å². The maximum atomic E-state index is 13.9. The molecular formula is C13H10F2. The largest absolute Gasteiger partial charge is 0.298 e. The molecule has 15 heavy (non-hydrogen) atoms. The van der Waals surface area contributed by atoms with Gasteiger partial charge in [-0.05, 0) is 0 Å². The van der Waals surface area contributed by atoms with E-state index in [1.54, 1.807) is 36.4 Å². The van der Waals surface area contributed by atoms with Crippen molar-refractivity contribution in [3.8, 4) is 0 Å². The smallest absolute Gasteiger partial charge is 0.196 e. The molecule has 0 heterocycles. The lowest BCUT2D eigenvalue weighted by Gasteiger charge is -2.16. The Morgan fingerprint density at radius 3 is 1.27 bits per heavy atom.